The summed E-state index contributed by atoms with van der Waals surface area (Å²) in [5, 5.41) is 14.9. The van der Waals surface area contributed by atoms with Crippen molar-refractivity contribution in [2.24, 2.45) is 0 Å². The average Bonchev–Trinajstić information content (AvgIpc) is 3.37. The molecule has 0 radical (unpaired) electrons. The highest BCUT2D eigenvalue weighted by Gasteiger charge is 2.22. The number of benzene rings is 1. The number of hydrogen-bond donors (Lipinski definition) is 2. The predicted octanol–water partition coefficient (Wildman–Crippen LogP) is 3.43. The van der Waals surface area contributed by atoms with E-state index in [1.54, 1.807) is 29.8 Å². The Kier molecular flexibility index (Phi) is 5.94. The summed E-state index contributed by atoms with van der Waals surface area (Å²) in [7, 11) is 0. The summed E-state index contributed by atoms with van der Waals surface area (Å²) >= 11 is 6.26. The quantitative estimate of drug-likeness (QED) is 0.426. The Balaban J connectivity index is 1.38. The van der Waals surface area contributed by atoms with Crippen LogP contribution in [0.2, 0.25) is 5.02 Å². The molecule has 0 aliphatic heterocycles. The molecule has 0 aliphatic rings. The maximum atomic E-state index is 12.8. The zero-order valence-electron chi connectivity index (χ0n) is 17.0. The number of carbonyl (C=O) groups is 1. The lowest BCUT2D eigenvalue weighted by atomic mass is 10.1. The molecule has 0 unspecified atom stereocenters. The Morgan fingerprint density at radius 3 is 2.77 bits per heavy atom. The lowest BCUT2D eigenvalue weighted by molar-refractivity contribution is 0.0954. The number of rotatable bonds is 7. The van der Waals surface area contributed by atoms with Gasteiger partial charge in [-0.1, -0.05) is 35.0 Å². The van der Waals surface area contributed by atoms with Crippen LogP contribution in [-0.2, 0) is 0 Å². The standard InChI is InChI=1S/C21H20ClN7O2/c1-13-7-10-29(27-13)18-11-17(25-12-26-18)23-8-9-24-21(30)19-14(2)31-28-20(19)15-5-3-4-6-16(15)22/h3-7,10-12H,8-9H2,1-2H3,(H,24,30)(H,23,25,26). The minimum Gasteiger partial charge on any atom is -0.368 e. The monoisotopic (exact) mass is 437 g/mol. The number of carbonyl (C=O) groups excluding carboxylic acids is 1. The highest BCUT2D eigenvalue weighted by atomic mass is 35.5. The van der Waals surface area contributed by atoms with Crippen LogP contribution in [0.3, 0.4) is 0 Å². The van der Waals surface area contributed by atoms with Crippen LogP contribution >= 0.6 is 11.6 Å². The normalized spacial score (nSPS) is 10.8. The first-order chi connectivity index (χ1) is 15.0. The minimum absolute atomic E-state index is 0.286. The van der Waals surface area contributed by atoms with E-state index in [9.17, 15) is 4.79 Å². The Morgan fingerprint density at radius 1 is 1.16 bits per heavy atom. The maximum Gasteiger partial charge on any atom is 0.257 e. The zero-order chi connectivity index (χ0) is 21.8. The fraction of sp³-hybridized carbons (Fsp3) is 0.190. The van der Waals surface area contributed by atoms with Gasteiger partial charge in [0, 0.05) is 30.9 Å². The van der Waals surface area contributed by atoms with Crippen LogP contribution in [0.15, 0.2) is 53.4 Å². The van der Waals surface area contributed by atoms with Crippen LogP contribution in [0, 0.1) is 13.8 Å². The number of amides is 1. The number of aromatic nitrogens is 5. The lowest BCUT2D eigenvalue weighted by Gasteiger charge is -2.09. The van der Waals surface area contributed by atoms with E-state index in [0.29, 0.717) is 52.3 Å². The van der Waals surface area contributed by atoms with Crippen molar-refractivity contribution in [2.45, 2.75) is 13.8 Å². The number of aryl methyl sites for hydroxylation is 2. The molecule has 0 fully saturated rings. The molecule has 1 aromatic carbocycles. The summed E-state index contributed by atoms with van der Waals surface area (Å²) in [5.41, 5.74) is 2.33. The first kappa shape index (κ1) is 20.5. The van der Waals surface area contributed by atoms with E-state index in [1.807, 2.05) is 31.3 Å². The van der Waals surface area contributed by atoms with E-state index in [0.717, 1.165) is 5.69 Å². The molecule has 0 spiro atoms. The van der Waals surface area contributed by atoms with Crippen molar-refractivity contribution < 1.29 is 9.32 Å². The van der Waals surface area contributed by atoms with Crippen LogP contribution in [0.25, 0.3) is 17.1 Å². The second-order valence-electron chi connectivity index (χ2n) is 6.79. The molecule has 0 saturated carbocycles. The Morgan fingerprint density at radius 2 is 2.00 bits per heavy atom. The van der Waals surface area contributed by atoms with Gasteiger partial charge in [-0.2, -0.15) is 5.10 Å². The molecule has 31 heavy (non-hydrogen) atoms. The molecule has 0 bridgehead atoms. The summed E-state index contributed by atoms with van der Waals surface area (Å²) in [6, 6.07) is 10.9. The number of anilines is 1. The maximum absolute atomic E-state index is 12.8. The van der Waals surface area contributed by atoms with Crippen molar-refractivity contribution in [1.29, 1.82) is 0 Å². The van der Waals surface area contributed by atoms with E-state index in [4.69, 9.17) is 16.1 Å². The predicted molar refractivity (Wildman–Crippen MR) is 116 cm³/mol. The molecule has 2 N–H and O–H groups in total. The molecule has 4 aromatic rings. The van der Waals surface area contributed by atoms with Crippen LogP contribution < -0.4 is 10.6 Å². The molecule has 1 amide bonds. The molecule has 3 aromatic heterocycles. The number of hydrogen-bond acceptors (Lipinski definition) is 7. The summed E-state index contributed by atoms with van der Waals surface area (Å²) in [5.74, 6) is 1.42. The van der Waals surface area contributed by atoms with Crippen LogP contribution in [0.5, 0.6) is 0 Å². The summed E-state index contributed by atoms with van der Waals surface area (Å²) in [6.45, 7) is 4.44. The largest absolute Gasteiger partial charge is 0.368 e. The van der Waals surface area contributed by atoms with Crippen LogP contribution in [-0.4, -0.2) is 43.9 Å². The smallest absolute Gasteiger partial charge is 0.257 e. The van der Waals surface area contributed by atoms with Crippen molar-refractivity contribution in [3.05, 3.63) is 71.0 Å². The molecule has 4 rings (SSSR count). The van der Waals surface area contributed by atoms with Gasteiger partial charge < -0.3 is 15.2 Å². The van der Waals surface area contributed by atoms with E-state index >= 15 is 0 Å². The van der Waals surface area contributed by atoms with Gasteiger partial charge in [0.2, 0.25) is 0 Å². The molecule has 0 aliphatic carbocycles. The van der Waals surface area contributed by atoms with Gasteiger partial charge in [-0.05, 0) is 26.0 Å². The van der Waals surface area contributed by atoms with Gasteiger partial charge in [-0.15, -0.1) is 0 Å². The highest BCUT2D eigenvalue weighted by molar-refractivity contribution is 6.33. The minimum atomic E-state index is -0.286. The van der Waals surface area contributed by atoms with Gasteiger partial charge in [0.15, 0.2) is 5.82 Å². The van der Waals surface area contributed by atoms with Crippen molar-refractivity contribution in [3.63, 3.8) is 0 Å². The van der Waals surface area contributed by atoms with Gasteiger partial charge in [-0.3, -0.25) is 4.79 Å². The van der Waals surface area contributed by atoms with E-state index in [2.05, 4.69) is 30.9 Å². The molecule has 0 saturated heterocycles. The Labute approximate surface area is 183 Å². The fourth-order valence-electron chi connectivity index (χ4n) is 3.04. The molecule has 10 heteroatoms. The zero-order valence-corrected chi connectivity index (χ0v) is 17.7. The van der Waals surface area contributed by atoms with Crippen LogP contribution in [0.1, 0.15) is 21.8 Å². The average molecular weight is 438 g/mol. The Hall–Kier alpha value is -3.72. The first-order valence-electron chi connectivity index (χ1n) is 9.61. The third kappa shape index (κ3) is 4.56. The molecule has 0 atom stereocenters. The Bertz CT molecular complexity index is 1220. The van der Waals surface area contributed by atoms with Crippen molar-refractivity contribution in [2.75, 3.05) is 18.4 Å². The second-order valence-corrected chi connectivity index (χ2v) is 7.20. The molecular weight excluding hydrogens is 418 g/mol. The van der Waals surface area contributed by atoms with Gasteiger partial charge in [-0.25, -0.2) is 14.6 Å². The lowest BCUT2D eigenvalue weighted by Crippen LogP contribution is -2.29. The van der Waals surface area contributed by atoms with Crippen molar-refractivity contribution >= 4 is 23.3 Å². The highest BCUT2D eigenvalue weighted by Crippen LogP contribution is 2.30. The molecular formula is C21H20ClN7O2. The first-order valence-corrected chi connectivity index (χ1v) is 9.98. The van der Waals surface area contributed by atoms with E-state index in [1.165, 1.54) is 6.33 Å². The summed E-state index contributed by atoms with van der Waals surface area (Å²) in [4.78, 5) is 21.2. The third-order valence-electron chi connectivity index (χ3n) is 4.55. The van der Waals surface area contributed by atoms with Gasteiger partial charge in [0.25, 0.3) is 5.91 Å². The summed E-state index contributed by atoms with van der Waals surface area (Å²) in [6.07, 6.45) is 3.29. The third-order valence-corrected chi connectivity index (χ3v) is 4.87. The summed E-state index contributed by atoms with van der Waals surface area (Å²) < 4.78 is 6.92. The molecule has 3 heterocycles. The molecule has 158 valence electrons. The second kappa shape index (κ2) is 8.97. The SMILES string of the molecule is Cc1ccn(-c2cc(NCCNC(=O)c3c(-c4ccccc4Cl)noc3C)ncn2)n1. The van der Waals surface area contributed by atoms with E-state index in [-0.39, 0.29) is 5.91 Å². The fourth-order valence-corrected chi connectivity index (χ4v) is 3.27. The van der Waals surface area contributed by atoms with E-state index < -0.39 is 0 Å². The van der Waals surface area contributed by atoms with Gasteiger partial charge >= 0.3 is 0 Å². The van der Waals surface area contributed by atoms with Gasteiger partial charge in [0.1, 0.15) is 29.2 Å². The van der Waals surface area contributed by atoms with Crippen LogP contribution in [0.4, 0.5) is 5.82 Å². The van der Waals surface area contributed by atoms with Crippen molar-refractivity contribution in [1.82, 2.24) is 30.2 Å². The van der Waals surface area contributed by atoms with Gasteiger partial charge in [0.05, 0.1) is 10.7 Å². The van der Waals surface area contributed by atoms with Crippen molar-refractivity contribution in [3.8, 4) is 17.1 Å². The molecule has 9 nitrogen and oxygen atoms in total. The number of nitrogens with one attached hydrogen (secondary N) is 2. The topological polar surface area (TPSA) is 111 Å². The number of nitrogens with zero attached hydrogens (tertiary/aromatic N) is 5. The number of halogens is 1.